The fourth-order valence-electron chi connectivity index (χ4n) is 1.78. The Morgan fingerprint density at radius 2 is 2.22 bits per heavy atom. The second-order valence-corrected chi connectivity index (χ2v) is 4.00. The molecule has 0 amide bonds. The van der Waals surface area contributed by atoms with E-state index >= 15 is 0 Å². The molecule has 0 N–H and O–H groups in total. The topological polar surface area (TPSA) is 61.9 Å². The summed E-state index contributed by atoms with van der Waals surface area (Å²) in [6.07, 6.45) is 1.55. The molecule has 0 unspecified atom stereocenters. The molecule has 18 heavy (non-hydrogen) atoms. The maximum absolute atomic E-state index is 12.4. The Balaban J connectivity index is 2.47. The van der Waals surface area contributed by atoms with Gasteiger partial charge in [0.05, 0.1) is 13.3 Å². The molecular weight excluding hydrogens is 232 g/mol. The molecule has 2 rings (SSSR count). The summed E-state index contributed by atoms with van der Waals surface area (Å²) in [4.78, 5) is 12.4. The zero-order valence-corrected chi connectivity index (χ0v) is 11.0. The van der Waals surface area contributed by atoms with Crippen molar-refractivity contribution in [3.63, 3.8) is 0 Å². The molecule has 6 heteroatoms. The molecule has 6 nitrogen and oxygen atoms in total. The molecule has 0 aliphatic rings. The highest BCUT2D eigenvalue weighted by molar-refractivity contribution is 6.08. The third-order valence-corrected chi connectivity index (χ3v) is 2.89. The van der Waals surface area contributed by atoms with Gasteiger partial charge in [-0.1, -0.05) is 0 Å². The number of aryl methyl sites for hydroxylation is 3. The van der Waals surface area contributed by atoms with E-state index in [4.69, 9.17) is 4.74 Å². The first kappa shape index (κ1) is 12.3. The van der Waals surface area contributed by atoms with Gasteiger partial charge in [0.2, 0.25) is 5.78 Å². The Morgan fingerprint density at radius 3 is 2.72 bits per heavy atom. The Bertz CT molecular complexity index is 542. The number of ketones is 1. The van der Waals surface area contributed by atoms with Crippen LogP contribution in [-0.4, -0.2) is 32.5 Å². The van der Waals surface area contributed by atoms with Gasteiger partial charge >= 0.3 is 0 Å². The second kappa shape index (κ2) is 4.64. The normalized spacial score (nSPS) is 10.7. The fraction of sp³-hybridized carbons (Fsp3) is 0.417. The molecule has 96 valence electrons. The number of carbonyl (C=O) groups is 1. The lowest BCUT2D eigenvalue weighted by atomic mass is 10.2. The van der Waals surface area contributed by atoms with Gasteiger partial charge in [-0.15, -0.1) is 0 Å². The number of hydrogen-bond acceptors (Lipinski definition) is 4. The zero-order chi connectivity index (χ0) is 13.3. The largest absolute Gasteiger partial charge is 0.493 e. The summed E-state index contributed by atoms with van der Waals surface area (Å²) in [5.74, 6) is 0.306. The van der Waals surface area contributed by atoms with E-state index in [0.29, 0.717) is 23.7 Å². The molecule has 2 heterocycles. The molecule has 0 atom stereocenters. The van der Waals surface area contributed by atoms with Gasteiger partial charge in [0, 0.05) is 19.3 Å². The summed E-state index contributed by atoms with van der Waals surface area (Å²) < 4.78 is 8.46. The maximum atomic E-state index is 12.4. The van der Waals surface area contributed by atoms with Crippen molar-refractivity contribution in [2.45, 2.75) is 20.4 Å². The summed E-state index contributed by atoms with van der Waals surface area (Å²) in [6, 6.07) is 1.76. The third-order valence-electron chi connectivity index (χ3n) is 2.89. The summed E-state index contributed by atoms with van der Waals surface area (Å²) in [5, 5.41) is 8.30. The average molecular weight is 248 g/mol. The highest BCUT2D eigenvalue weighted by Crippen LogP contribution is 2.21. The molecule has 0 saturated carbocycles. The quantitative estimate of drug-likeness (QED) is 0.762. The van der Waals surface area contributed by atoms with Crippen molar-refractivity contribution < 1.29 is 9.53 Å². The number of nitrogens with zero attached hydrogens (tertiary/aromatic N) is 4. The smallest absolute Gasteiger partial charge is 0.235 e. The highest BCUT2D eigenvalue weighted by Gasteiger charge is 2.22. The number of carbonyl (C=O) groups excluding carboxylic acids is 1. The first-order valence-electron chi connectivity index (χ1n) is 5.73. The average Bonchev–Trinajstić information content (AvgIpc) is 2.92. The van der Waals surface area contributed by atoms with Crippen LogP contribution in [0.3, 0.4) is 0 Å². The molecular formula is C12H16N4O2. The van der Waals surface area contributed by atoms with Crippen molar-refractivity contribution in [2.75, 3.05) is 7.11 Å². The van der Waals surface area contributed by atoms with Gasteiger partial charge in [-0.2, -0.15) is 10.2 Å². The van der Waals surface area contributed by atoms with Crippen LogP contribution in [0.1, 0.15) is 28.8 Å². The molecule has 2 aromatic heterocycles. The molecule has 0 spiro atoms. The highest BCUT2D eigenvalue weighted by atomic mass is 16.5. The van der Waals surface area contributed by atoms with Crippen molar-refractivity contribution in [1.82, 2.24) is 19.6 Å². The summed E-state index contributed by atoms with van der Waals surface area (Å²) in [6.45, 7) is 4.43. The van der Waals surface area contributed by atoms with Crippen LogP contribution >= 0.6 is 0 Å². The van der Waals surface area contributed by atoms with E-state index in [1.54, 1.807) is 28.7 Å². The number of hydrogen-bond donors (Lipinski definition) is 0. The number of rotatable bonds is 4. The Kier molecular flexibility index (Phi) is 3.18. The summed E-state index contributed by atoms with van der Waals surface area (Å²) in [5.41, 5.74) is 1.78. The standard InChI is InChI=1S/C12H16N4O2/c1-5-16-11(10(18-4)7-13-16)12(17)9-6-8(2)15(3)14-9/h6-7H,5H2,1-4H3. The van der Waals surface area contributed by atoms with Gasteiger partial charge in [0.25, 0.3) is 0 Å². The molecule has 0 aromatic carbocycles. The lowest BCUT2D eigenvalue weighted by molar-refractivity contribution is 0.102. The SMILES string of the molecule is CCn1ncc(OC)c1C(=O)c1cc(C)n(C)n1. The van der Waals surface area contributed by atoms with E-state index < -0.39 is 0 Å². The van der Waals surface area contributed by atoms with E-state index in [9.17, 15) is 4.79 Å². The Labute approximate surface area is 105 Å². The van der Waals surface area contributed by atoms with Gasteiger partial charge in [-0.05, 0) is 19.9 Å². The van der Waals surface area contributed by atoms with Crippen LogP contribution in [-0.2, 0) is 13.6 Å². The van der Waals surface area contributed by atoms with Crippen molar-refractivity contribution in [2.24, 2.45) is 7.05 Å². The van der Waals surface area contributed by atoms with Crippen molar-refractivity contribution in [1.29, 1.82) is 0 Å². The van der Waals surface area contributed by atoms with E-state index in [1.165, 1.54) is 7.11 Å². The second-order valence-electron chi connectivity index (χ2n) is 4.00. The molecule has 0 fully saturated rings. The molecule has 0 aliphatic heterocycles. The van der Waals surface area contributed by atoms with Gasteiger partial charge in [0.15, 0.2) is 11.4 Å². The van der Waals surface area contributed by atoms with Gasteiger partial charge in [-0.3, -0.25) is 14.2 Å². The molecule has 0 radical (unpaired) electrons. The lowest BCUT2D eigenvalue weighted by Crippen LogP contribution is -2.12. The maximum Gasteiger partial charge on any atom is 0.235 e. The molecule has 0 bridgehead atoms. The zero-order valence-electron chi connectivity index (χ0n) is 11.0. The van der Waals surface area contributed by atoms with E-state index in [-0.39, 0.29) is 5.78 Å². The predicted octanol–water partition coefficient (Wildman–Crippen LogP) is 1.18. The van der Waals surface area contributed by atoms with Gasteiger partial charge < -0.3 is 4.74 Å². The minimum Gasteiger partial charge on any atom is -0.493 e. The predicted molar refractivity (Wildman–Crippen MR) is 65.8 cm³/mol. The first-order chi connectivity index (χ1) is 8.58. The first-order valence-corrected chi connectivity index (χ1v) is 5.73. The van der Waals surface area contributed by atoms with E-state index in [1.807, 2.05) is 13.8 Å². The third kappa shape index (κ3) is 1.90. The van der Waals surface area contributed by atoms with Crippen LogP contribution in [0.15, 0.2) is 12.3 Å². The Morgan fingerprint density at radius 1 is 1.50 bits per heavy atom. The molecule has 0 aliphatic carbocycles. The van der Waals surface area contributed by atoms with Crippen LogP contribution in [0.2, 0.25) is 0 Å². The minimum atomic E-state index is -0.171. The van der Waals surface area contributed by atoms with E-state index in [2.05, 4.69) is 10.2 Å². The van der Waals surface area contributed by atoms with Crippen LogP contribution in [0.25, 0.3) is 0 Å². The van der Waals surface area contributed by atoms with Crippen LogP contribution in [0.5, 0.6) is 5.75 Å². The lowest BCUT2D eigenvalue weighted by Gasteiger charge is -2.04. The fourth-order valence-corrected chi connectivity index (χ4v) is 1.78. The van der Waals surface area contributed by atoms with Crippen LogP contribution < -0.4 is 4.74 Å². The van der Waals surface area contributed by atoms with Gasteiger partial charge in [0.1, 0.15) is 5.69 Å². The molecule has 0 saturated heterocycles. The van der Waals surface area contributed by atoms with Crippen molar-refractivity contribution in [3.8, 4) is 5.75 Å². The minimum absolute atomic E-state index is 0.171. The van der Waals surface area contributed by atoms with Crippen LogP contribution in [0.4, 0.5) is 0 Å². The molecule has 2 aromatic rings. The van der Waals surface area contributed by atoms with Gasteiger partial charge in [-0.25, -0.2) is 0 Å². The monoisotopic (exact) mass is 248 g/mol. The summed E-state index contributed by atoms with van der Waals surface area (Å²) in [7, 11) is 3.33. The number of methoxy groups -OCH3 is 1. The summed E-state index contributed by atoms with van der Waals surface area (Å²) >= 11 is 0. The number of aromatic nitrogens is 4. The van der Waals surface area contributed by atoms with E-state index in [0.717, 1.165) is 5.69 Å². The Hall–Kier alpha value is -2.11. The van der Waals surface area contributed by atoms with Crippen molar-refractivity contribution >= 4 is 5.78 Å². The van der Waals surface area contributed by atoms with Crippen molar-refractivity contribution in [3.05, 3.63) is 29.3 Å². The number of ether oxygens (including phenoxy) is 1. The van der Waals surface area contributed by atoms with Crippen LogP contribution in [0, 0.1) is 6.92 Å².